The molecule has 0 atom stereocenters. The molecule has 2 N–H and O–H groups in total. The Morgan fingerprint density at radius 3 is 2.62 bits per heavy atom. The van der Waals surface area contributed by atoms with Crippen LogP contribution in [0.2, 0.25) is 5.02 Å². The first-order valence-corrected chi connectivity index (χ1v) is 10.3. The van der Waals surface area contributed by atoms with Gasteiger partial charge < -0.3 is 9.84 Å². The number of benzene rings is 1. The average molecular weight is 455 g/mol. The highest BCUT2D eigenvalue weighted by molar-refractivity contribution is 7.89. The lowest BCUT2D eigenvalue weighted by molar-refractivity contribution is -0.137. The van der Waals surface area contributed by atoms with Crippen molar-refractivity contribution in [3.05, 3.63) is 40.5 Å². The van der Waals surface area contributed by atoms with E-state index in [9.17, 15) is 26.4 Å². The van der Waals surface area contributed by atoms with Crippen molar-refractivity contribution in [2.75, 3.05) is 13.1 Å². The van der Waals surface area contributed by atoms with Gasteiger partial charge in [0.15, 0.2) is 5.82 Å². The van der Waals surface area contributed by atoms with Crippen molar-refractivity contribution in [3.8, 4) is 0 Å². The summed E-state index contributed by atoms with van der Waals surface area (Å²) in [6, 6.07) is 2.26. The molecular formula is C16H18ClF3N4O4S. The number of amides is 1. The quantitative estimate of drug-likeness (QED) is 0.562. The summed E-state index contributed by atoms with van der Waals surface area (Å²) in [7, 11) is -4.23. The smallest absolute Gasteiger partial charge is 0.356 e. The summed E-state index contributed by atoms with van der Waals surface area (Å²) < 4.78 is 69.9. The summed E-state index contributed by atoms with van der Waals surface area (Å²) in [4.78, 5) is 15.2. The van der Waals surface area contributed by atoms with Crippen LogP contribution >= 0.6 is 11.6 Å². The minimum absolute atomic E-state index is 0.182. The van der Waals surface area contributed by atoms with Crippen molar-refractivity contribution in [2.45, 2.75) is 37.3 Å². The number of carbonyl (C=O) groups is 1. The van der Waals surface area contributed by atoms with E-state index in [1.807, 2.05) is 0 Å². The number of rotatable bonds is 9. The molecule has 0 aliphatic carbocycles. The first-order valence-electron chi connectivity index (χ1n) is 8.41. The second-order valence-electron chi connectivity index (χ2n) is 5.98. The van der Waals surface area contributed by atoms with E-state index >= 15 is 0 Å². The molecule has 2 aromatic rings. The van der Waals surface area contributed by atoms with Crippen LogP contribution in [0.25, 0.3) is 0 Å². The van der Waals surface area contributed by atoms with Crippen molar-refractivity contribution >= 4 is 27.5 Å². The van der Waals surface area contributed by atoms with Crippen LogP contribution in [0.3, 0.4) is 0 Å². The fourth-order valence-corrected chi connectivity index (χ4v) is 3.55. The summed E-state index contributed by atoms with van der Waals surface area (Å²) in [6.45, 7) is 1.73. The number of sulfonamides is 1. The zero-order valence-electron chi connectivity index (χ0n) is 15.2. The molecule has 1 aromatic carbocycles. The molecule has 0 aliphatic rings. The Bertz CT molecular complexity index is 963. The summed E-state index contributed by atoms with van der Waals surface area (Å²) in [6.07, 6.45) is -3.95. The molecule has 13 heteroatoms. The Kier molecular flexibility index (Phi) is 7.60. The Hall–Kier alpha value is -2.18. The largest absolute Gasteiger partial charge is 0.417 e. The van der Waals surface area contributed by atoms with Crippen LogP contribution in [-0.4, -0.2) is 37.6 Å². The summed E-state index contributed by atoms with van der Waals surface area (Å²) in [5, 5.41) is 5.62. The molecule has 0 unspecified atom stereocenters. The maximum Gasteiger partial charge on any atom is 0.417 e. The lowest BCUT2D eigenvalue weighted by Gasteiger charge is -2.12. The van der Waals surface area contributed by atoms with E-state index in [1.165, 1.54) is 0 Å². The van der Waals surface area contributed by atoms with E-state index in [4.69, 9.17) is 16.1 Å². The van der Waals surface area contributed by atoms with Crippen LogP contribution in [0, 0.1) is 6.92 Å². The number of aryl methyl sites for hydroxylation is 2. The van der Waals surface area contributed by atoms with Crippen molar-refractivity contribution in [3.63, 3.8) is 0 Å². The number of hydrogen-bond donors (Lipinski definition) is 2. The zero-order chi connectivity index (χ0) is 21.7. The van der Waals surface area contributed by atoms with Crippen LogP contribution < -0.4 is 10.0 Å². The van der Waals surface area contributed by atoms with Crippen LogP contribution in [0.15, 0.2) is 27.6 Å². The predicted octanol–water partition coefficient (Wildman–Crippen LogP) is 2.47. The fourth-order valence-electron chi connectivity index (χ4n) is 2.27. The molecule has 0 saturated heterocycles. The normalized spacial score (nSPS) is 12.2. The predicted molar refractivity (Wildman–Crippen MR) is 96.6 cm³/mol. The van der Waals surface area contributed by atoms with Gasteiger partial charge in [-0.1, -0.05) is 16.8 Å². The highest BCUT2D eigenvalue weighted by atomic mass is 35.5. The van der Waals surface area contributed by atoms with E-state index in [-0.39, 0.29) is 13.0 Å². The van der Waals surface area contributed by atoms with Gasteiger partial charge in [0.05, 0.1) is 15.5 Å². The molecule has 29 heavy (non-hydrogen) atoms. The molecule has 1 amide bonds. The van der Waals surface area contributed by atoms with E-state index in [0.29, 0.717) is 37.2 Å². The molecule has 1 aromatic heterocycles. The van der Waals surface area contributed by atoms with Gasteiger partial charge in [-0.2, -0.15) is 18.2 Å². The van der Waals surface area contributed by atoms with Crippen molar-refractivity contribution in [2.24, 2.45) is 0 Å². The molecule has 0 radical (unpaired) electrons. The van der Waals surface area contributed by atoms with Gasteiger partial charge in [0.1, 0.15) is 0 Å². The van der Waals surface area contributed by atoms with Crippen LogP contribution in [0.4, 0.5) is 13.2 Å². The monoisotopic (exact) mass is 454 g/mol. The lowest BCUT2D eigenvalue weighted by Crippen LogP contribution is -2.31. The van der Waals surface area contributed by atoms with Gasteiger partial charge in [-0.25, -0.2) is 13.1 Å². The lowest BCUT2D eigenvalue weighted by atomic mass is 10.2. The van der Waals surface area contributed by atoms with Gasteiger partial charge >= 0.3 is 6.18 Å². The van der Waals surface area contributed by atoms with Crippen molar-refractivity contribution in [1.29, 1.82) is 0 Å². The van der Waals surface area contributed by atoms with Crippen molar-refractivity contribution < 1.29 is 30.9 Å². The third kappa shape index (κ3) is 6.98. The van der Waals surface area contributed by atoms with Gasteiger partial charge in [-0.3, -0.25) is 4.79 Å². The minimum atomic E-state index is -4.79. The average Bonchev–Trinajstić information content (AvgIpc) is 3.03. The number of alkyl halides is 3. The topological polar surface area (TPSA) is 114 Å². The standard InChI is InChI=1S/C16H18ClF3N4O4S/c1-10-23-15(28-24-10)3-2-7-21-14(25)6-8-22-29(26,27)11-4-5-13(17)12(9-11)16(18,19)20/h4-5,9,22H,2-3,6-8H2,1H3,(H,21,25). The van der Waals surface area contributed by atoms with E-state index in [0.717, 1.165) is 12.1 Å². The third-order valence-corrected chi connectivity index (χ3v) is 5.45. The van der Waals surface area contributed by atoms with Gasteiger partial charge in [-0.15, -0.1) is 0 Å². The van der Waals surface area contributed by atoms with E-state index in [1.54, 1.807) is 6.92 Å². The Labute approximate surface area is 169 Å². The molecule has 0 aliphatic heterocycles. The minimum Gasteiger partial charge on any atom is -0.356 e. The molecule has 8 nitrogen and oxygen atoms in total. The Morgan fingerprint density at radius 1 is 1.28 bits per heavy atom. The maximum absolute atomic E-state index is 12.9. The fraction of sp³-hybridized carbons (Fsp3) is 0.438. The number of carbonyl (C=O) groups excluding carboxylic acids is 1. The maximum atomic E-state index is 12.9. The van der Waals surface area contributed by atoms with Crippen LogP contribution in [-0.2, 0) is 27.4 Å². The first-order chi connectivity index (χ1) is 13.5. The van der Waals surface area contributed by atoms with Gasteiger partial charge in [0.25, 0.3) is 0 Å². The number of nitrogens with zero attached hydrogens (tertiary/aromatic N) is 2. The second kappa shape index (κ2) is 9.55. The van der Waals surface area contributed by atoms with Gasteiger partial charge in [0.2, 0.25) is 21.8 Å². The zero-order valence-corrected chi connectivity index (χ0v) is 16.8. The molecule has 0 fully saturated rings. The molecule has 2 rings (SSSR count). The SMILES string of the molecule is Cc1noc(CCCNC(=O)CCNS(=O)(=O)c2ccc(Cl)c(C(F)(F)F)c2)n1. The third-order valence-electron chi connectivity index (χ3n) is 3.66. The van der Waals surface area contributed by atoms with E-state index < -0.39 is 37.6 Å². The number of halogens is 4. The summed E-state index contributed by atoms with van der Waals surface area (Å²) in [5.41, 5.74) is -1.25. The molecule has 0 saturated carbocycles. The molecule has 0 spiro atoms. The summed E-state index contributed by atoms with van der Waals surface area (Å²) in [5.74, 6) is 0.548. The van der Waals surface area contributed by atoms with Crippen LogP contribution in [0.1, 0.15) is 30.1 Å². The van der Waals surface area contributed by atoms with Crippen LogP contribution in [0.5, 0.6) is 0 Å². The summed E-state index contributed by atoms with van der Waals surface area (Å²) >= 11 is 5.48. The van der Waals surface area contributed by atoms with E-state index in [2.05, 4.69) is 20.2 Å². The molecule has 1 heterocycles. The number of aromatic nitrogens is 2. The van der Waals surface area contributed by atoms with Gasteiger partial charge in [-0.05, 0) is 31.5 Å². The second-order valence-corrected chi connectivity index (χ2v) is 8.15. The highest BCUT2D eigenvalue weighted by Crippen LogP contribution is 2.35. The van der Waals surface area contributed by atoms with Gasteiger partial charge in [0, 0.05) is 25.9 Å². The molecular weight excluding hydrogens is 437 g/mol. The Balaban J connectivity index is 1.79. The van der Waals surface area contributed by atoms with Crippen molar-refractivity contribution in [1.82, 2.24) is 20.2 Å². The highest BCUT2D eigenvalue weighted by Gasteiger charge is 2.34. The Morgan fingerprint density at radius 2 is 2.00 bits per heavy atom. The molecule has 160 valence electrons. The number of nitrogens with one attached hydrogen (secondary N) is 2. The molecule has 0 bridgehead atoms. The number of hydrogen-bond acceptors (Lipinski definition) is 6. The first kappa shape index (κ1) is 23.1.